The van der Waals surface area contributed by atoms with Gasteiger partial charge in [0.2, 0.25) is 17.7 Å². The second kappa shape index (κ2) is 9.31. The highest BCUT2D eigenvalue weighted by Crippen LogP contribution is 2.26. The summed E-state index contributed by atoms with van der Waals surface area (Å²) in [5.74, 6) is -0.532. The number of piperazine rings is 1. The molecule has 1 unspecified atom stereocenters. The number of benzene rings is 2. The molecule has 31 heavy (non-hydrogen) atoms. The van der Waals surface area contributed by atoms with E-state index in [2.05, 4.69) is 10.2 Å². The van der Waals surface area contributed by atoms with Crippen LogP contribution in [0.3, 0.4) is 0 Å². The zero-order valence-electron chi connectivity index (χ0n) is 18.3. The van der Waals surface area contributed by atoms with Crippen molar-refractivity contribution in [2.45, 2.75) is 32.2 Å². The molecule has 1 fully saturated rings. The smallest absolute Gasteiger partial charge is 0.248 e. The number of amides is 3. The van der Waals surface area contributed by atoms with Crippen molar-refractivity contribution in [3.63, 3.8) is 0 Å². The Morgan fingerprint density at radius 2 is 1.52 bits per heavy atom. The fraction of sp³-hybridized carbons (Fsp3) is 0.375. The van der Waals surface area contributed by atoms with Crippen molar-refractivity contribution in [3.8, 4) is 0 Å². The molecule has 1 atom stereocenters. The largest absolute Gasteiger partial charge is 0.366 e. The second-order valence-electron chi connectivity index (χ2n) is 8.43. The number of hydrogen-bond donors (Lipinski definition) is 2. The van der Waals surface area contributed by atoms with Gasteiger partial charge in [-0.15, -0.1) is 0 Å². The van der Waals surface area contributed by atoms with E-state index >= 15 is 0 Å². The van der Waals surface area contributed by atoms with Crippen LogP contribution in [-0.4, -0.2) is 59.7 Å². The third-order valence-corrected chi connectivity index (χ3v) is 6.00. The predicted molar refractivity (Wildman–Crippen MR) is 121 cm³/mol. The summed E-state index contributed by atoms with van der Waals surface area (Å²) in [6, 6.07) is 16.0. The van der Waals surface area contributed by atoms with E-state index in [4.69, 9.17) is 5.73 Å². The quantitative estimate of drug-likeness (QED) is 0.746. The molecule has 0 radical (unpaired) electrons. The third-order valence-electron chi connectivity index (χ3n) is 6.00. The predicted octanol–water partition coefficient (Wildman–Crippen LogP) is 2.23. The third kappa shape index (κ3) is 5.11. The number of rotatable bonds is 6. The average Bonchev–Trinajstić information content (AvgIpc) is 2.79. The van der Waals surface area contributed by atoms with Crippen LogP contribution in [0.25, 0.3) is 0 Å². The molecule has 0 spiro atoms. The van der Waals surface area contributed by atoms with Crippen LogP contribution in [0.5, 0.6) is 0 Å². The Labute approximate surface area is 183 Å². The summed E-state index contributed by atoms with van der Waals surface area (Å²) < 4.78 is 0. The molecule has 1 aliphatic rings. The maximum Gasteiger partial charge on any atom is 0.248 e. The van der Waals surface area contributed by atoms with Gasteiger partial charge < -0.3 is 16.0 Å². The molecular weight excluding hydrogens is 392 g/mol. The van der Waals surface area contributed by atoms with Gasteiger partial charge in [-0.25, -0.2) is 0 Å². The van der Waals surface area contributed by atoms with Gasteiger partial charge in [0.15, 0.2) is 0 Å². The van der Waals surface area contributed by atoms with Gasteiger partial charge >= 0.3 is 0 Å². The van der Waals surface area contributed by atoms with Gasteiger partial charge in [0.25, 0.3) is 0 Å². The number of nitrogens with zero attached hydrogens (tertiary/aromatic N) is 2. The Hall–Kier alpha value is -3.19. The first-order valence-corrected chi connectivity index (χ1v) is 10.5. The lowest BCUT2D eigenvalue weighted by molar-refractivity contribution is -0.138. The van der Waals surface area contributed by atoms with Gasteiger partial charge in [0, 0.05) is 37.4 Å². The summed E-state index contributed by atoms with van der Waals surface area (Å²) in [6.45, 7) is 8.20. The number of anilines is 1. The Bertz CT molecular complexity index is 933. The van der Waals surface area contributed by atoms with E-state index in [1.807, 2.05) is 56.0 Å². The summed E-state index contributed by atoms with van der Waals surface area (Å²) >= 11 is 0. The van der Waals surface area contributed by atoms with Crippen LogP contribution >= 0.6 is 0 Å². The number of carbonyl (C=O) groups is 3. The highest BCUT2D eigenvalue weighted by atomic mass is 16.2. The minimum Gasteiger partial charge on any atom is -0.366 e. The molecule has 2 aromatic carbocycles. The zero-order chi connectivity index (χ0) is 22.6. The monoisotopic (exact) mass is 422 g/mol. The SMILES string of the molecule is CC(C(=O)Nc1ccc(C(N)=O)cc1)N1CCN(C(=O)C(C)(C)c2ccccc2)CC1. The van der Waals surface area contributed by atoms with Gasteiger partial charge in [-0.1, -0.05) is 30.3 Å². The van der Waals surface area contributed by atoms with Gasteiger partial charge in [0.05, 0.1) is 11.5 Å². The molecule has 1 saturated heterocycles. The summed E-state index contributed by atoms with van der Waals surface area (Å²) in [5.41, 5.74) is 6.65. The molecule has 0 aromatic heterocycles. The molecule has 1 heterocycles. The van der Waals surface area contributed by atoms with Gasteiger partial charge in [-0.3, -0.25) is 19.3 Å². The first kappa shape index (κ1) is 22.5. The van der Waals surface area contributed by atoms with E-state index in [1.54, 1.807) is 24.3 Å². The van der Waals surface area contributed by atoms with Crippen LogP contribution in [-0.2, 0) is 15.0 Å². The van der Waals surface area contributed by atoms with Crippen LogP contribution in [0, 0.1) is 0 Å². The van der Waals surface area contributed by atoms with Crippen molar-refractivity contribution in [1.82, 2.24) is 9.80 Å². The molecule has 0 saturated carbocycles. The Morgan fingerprint density at radius 3 is 2.06 bits per heavy atom. The molecule has 2 aromatic rings. The van der Waals surface area contributed by atoms with Crippen LogP contribution in [0.1, 0.15) is 36.7 Å². The van der Waals surface area contributed by atoms with Gasteiger partial charge in [-0.05, 0) is 50.6 Å². The summed E-state index contributed by atoms with van der Waals surface area (Å²) in [4.78, 5) is 40.9. The number of nitrogens with one attached hydrogen (secondary N) is 1. The molecule has 3 rings (SSSR count). The molecule has 0 aliphatic carbocycles. The number of hydrogen-bond acceptors (Lipinski definition) is 4. The molecule has 3 amide bonds. The normalized spacial score (nSPS) is 15.9. The highest BCUT2D eigenvalue weighted by molar-refractivity contribution is 5.96. The number of nitrogens with two attached hydrogens (primary N) is 1. The lowest BCUT2D eigenvalue weighted by Gasteiger charge is -2.40. The van der Waals surface area contributed by atoms with E-state index in [9.17, 15) is 14.4 Å². The zero-order valence-corrected chi connectivity index (χ0v) is 18.3. The molecule has 164 valence electrons. The van der Waals surface area contributed by atoms with Crippen molar-refractivity contribution >= 4 is 23.4 Å². The Balaban J connectivity index is 1.55. The standard InChI is InChI=1S/C24H30N4O3/c1-17(22(30)26-20-11-9-18(10-12-20)21(25)29)27-13-15-28(16-14-27)23(31)24(2,3)19-7-5-4-6-8-19/h4-12,17H,13-16H2,1-3H3,(H2,25,29)(H,26,30). The van der Waals surface area contributed by atoms with E-state index in [0.717, 1.165) is 5.56 Å². The Morgan fingerprint density at radius 1 is 0.935 bits per heavy atom. The lowest BCUT2D eigenvalue weighted by Crippen LogP contribution is -2.56. The van der Waals surface area contributed by atoms with Crippen molar-refractivity contribution in [3.05, 3.63) is 65.7 Å². The molecular formula is C24H30N4O3. The van der Waals surface area contributed by atoms with Crippen molar-refractivity contribution in [2.75, 3.05) is 31.5 Å². The summed E-state index contributed by atoms with van der Waals surface area (Å²) in [6.07, 6.45) is 0. The molecule has 7 heteroatoms. The molecule has 3 N–H and O–H groups in total. The van der Waals surface area contributed by atoms with Crippen LogP contribution in [0.2, 0.25) is 0 Å². The van der Waals surface area contributed by atoms with Crippen LogP contribution < -0.4 is 11.1 Å². The summed E-state index contributed by atoms with van der Waals surface area (Å²) in [5, 5.41) is 2.87. The molecule has 0 bridgehead atoms. The van der Waals surface area contributed by atoms with Crippen LogP contribution in [0.4, 0.5) is 5.69 Å². The number of primary amides is 1. The second-order valence-corrected chi connectivity index (χ2v) is 8.43. The summed E-state index contributed by atoms with van der Waals surface area (Å²) in [7, 11) is 0. The van der Waals surface area contributed by atoms with E-state index in [0.29, 0.717) is 37.4 Å². The minimum absolute atomic E-state index is 0.102. The fourth-order valence-electron chi connectivity index (χ4n) is 3.82. The van der Waals surface area contributed by atoms with Crippen molar-refractivity contribution in [1.29, 1.82) is 0 Å². The van der Waals surface area contributed by atoms with Crippen molar-refractivity contribution in [2.24, 2.45) is 5.73 Å². The molecule has 1 aliphatic heterocycles. The topological polar surface area (TPSA) is 95.7 Å². The van der Waals surface area contributed by atoms with E-state index < -0.39 is 11.3 Å². The fourth-order valence-corrected chi connectivity index (χ4v) is 3.82. The minimum atomic E-state index is -0.594. The number of carbonyl (C=O) groups excluding carboxylic acids is 3. The first-order valence-electron chi connectivity index (χ1n) is 10.5. The van der Waals surface area contributed by atoms with Crippen molar-refractivity contribution < 1.29 is 14.4 Å². The Kier molecular flexibility index (Phi) is 6.75. The van der Waals surface area contributed by atoms with Crippen LogP contribution in [0.15, 0.2) is 54.6 Å². The highest BCUT2D eigenvalue weighted by Gasteiger charge is 2.36. The van der Waals surface area contributed by atoms with E-state index in [-0.39, 0.29) is 17.9 Å². The molecule has 7 nitrogen and oxygen atoms in total. The van der Waals surface area contributed by atoms with Gasteiger partial charge in [-0.2, -0.15) is 0 Å². The van der Waals surface area contributed by atoms with E-state index in [1.165, 1.54) is 0 Å². The maximum absolute atomic E-state index is 13.1. The van der Waals surface area contributed by atoms with Gasteiger partial charge in [0.1, 0.15) is 0 Å². The lowest BCUT2D eigenvalue weighted by atomic mass is 9.83. The average molecular weight is 423 g/mol. The first-order chi connectivity index (χ1) is 14.7. The maximum atomic E-state index is 13.1.